The molecule has 106 valence electrons. The fraction of sp³-hybridized carbons (Fsp3) is 0.167. The van der Waals surface area contributed by atoms with E-state index in [-0.39, 0.29) is 19.1 Å². The number of fused-ring (bicyclic) bond motifs is 3. The Morgan fingerprint density at radius 1 is 1.19 bits per heavy atom. The number of hydrogen-bond acceptors (Lipinski definition) is 2. The van der Waals surface area contributed by atoms with Crippen molar-refractivity contribution < 1.29 is 9.90 Å². The highest BCUT2D eigenvalue weighted by atomic mass is 16.3. The van der Waals surface area contributed by atoms with Crippen LogP contribution >= 0.6 is 0 Å². The first-order valence-corrected chi connectivity index (χ1v) is 7.01. The van der Waals surface area contributed by atoms with Gasteiger partial charge >= 0.3 is 0 Å². The Labute approximate surface area is 124 Å². The molecule has 21 heavy (non-hydrogen) atoms. The van der Waals surface area contributed by atoms with Gasteiger partial charge < -0.3 is 10.0 Å². The average Bonchev–Trinajstić information content (AvgIpc) is 2.91. The Kier molecular flexibility index (Phi) is 3.59. The second kappa shape index (κ2) is 5.54. The first-order chi connectivity index (χ1) is 10.3. The average molecular weight is 279 g/mol. The van der Waals surface area contributed by atoms with E-state index in [0.717, 1.165) is 17.7 Å². The van der Waals surface area contributed by atoms with E-state index in [4.69, 9.17) is 0 Å². The molecule has 0 radical (unpaired) electrons. The minimum atomic E-state index is -0.187. The van der Waals surface area contributed by atoms with Crippen LogP contribution in [0.4, 0.5) is 5.69 Å². The van der Waals surface area contributed by atoms with Gasteiger partial charge in [0, 0.05) is 18.7 Å². The summed E-state index contributed by atoms with van der Waals surface area (Å²) in [5.74, 6) is -0.187. The SMILES string of the molecule is C=CC(=O)N(CCO)c1cccc2c1Cc1ccccc1-2. The number of aliphatic hydroxyl groups excluding tert-OH is 1. The zero-order valence-corrected chi connectivity index (χ0v) is 11.7. The monoisotopic (exact) mass is 279 g/mol. The van der Waals surface area contributed by atoms with Gasteiger partial charge in [-0.15, -0.1) is 0 Å². The van der Waals surface area contributed by atoms with Crippen molar-refractivity contribution >= 4 is 11.6 Å². The Balaban J connectivity index is 2.10. The van der Waals surface area contributed by atoms with Crippen LogP contribution in [0.25, 0.3) is 11.1 Å². The van der Waals surface area contributed by atoms with Crippen molar-refractivity contribution in [2.75, 3.05) is 18.1 Å². The molecule has 0 saturated heterocycles. The highest BCUT2D eigenvalue weighted by Crippen LogP contribution is 2.41. The smallest absolute Gasteiger partial charge is 0.250 e. The lowest BCUT2D eigenvalue weighted by Gasteiger charge is -2.23. The summed E-state index contributed by atoms with van der Waals surface area (Å²) >= 11 is 0. The van der Waals surface area contributed by atoms with Gasteiger partial charge in [-0.2, -0.15) is 0 Å². The lowest BCUT2D eigenvalue weighted by molar-refractivity contribution is -0.114. The maximum absolute atomic E-state index is 12.1. The van der Waals surface area contributed by atoms with Gasteiger partial charge in [-0.3, -0.25) is 4.79 Å². The van der Waals surface area contributed by atoms with Gasteiger partial charge in [-0.05, 0) is 34.4 Å². The Bertz CT molecular complexity index is 706. The molecule has 1 N–H and O–H groups in total. The highest BCUT2D eigenvalue weighted by Gasteiger charge is 2.24. The minimum Gasteiger partial charge on any atom is -0.395 e. The standard InChI is InChI=1S/C18H17NO2/c1-2-18(21)19(10-11-20)17-9-5-8-15-14-7-4-3-6-13(14)12-16(15)17/h2-9,20H,1,10-12H2. The van der Waals surface area contributed by atoms with Crippen LogP contribution < -0.4 is 4.90 Å². The third-order valence-corrected chi connectivity index (χ3v) is 3.88. The first-order valence-electron chi connectivity index (χ1n) is 7.01. The third-order valence-electron chi connectivity index (χ3n) is 3.88. The number of benzene rings is 2. The number of carbonyl (C=O) groups excluding carboxylic acids is 1. The molecule has 0 fully saturated rings. The van der Waals surface area contributed by atoms with Crippen molar-refractivity contribution in [1.29, 1.82) is 0 Å². The van der Waals surface area contributed by atoms with E-state index in [0.29, 0.717) is 0 Å². The van der Waals surface area contributed by atoms with Gasteiger partial charge in [-0.25, -0.2) is 0 Å². The summed E-state index contributed by atoms with van der Waals surface area (Å²) in [6.45, 7) is 3.75. The fourth-order valence-electron chi connectivity index (χ4n) is 2.95. The summed E-state index contributed by atoms with van der Waals surface area (Å²) in [4.78, 5) is 13.7. The normalized spacial score (nSPS) is 11.7. The molecule has 0 bridgehead atoms. The molecule has 2 aromatic rings. The maximum Gasteiger partial charge on any atom is 0.250 e. The molecule has 0 heterocycles. The third kappa shape index (κ3) is 2.26. The molecule has 3 heteroatoms. The number of rotatable bonds is 4. The fourth-order valence-corrected chi connectivity index (χ4v) is 2.95. The van der Waals surface area contributed by atoms with Gasteiger partial charge in [0.15, 0.2) is 0 Å². The molecule has 0 atom stereocenters. The largest absolute Gasteiger partial charge is 0.395 e. The van der Waals surface area contributed by atoms with Crippen molar-refractivity contribution in [2.45, 2.75) is 6.42 Å². The molecule has 1 aliphatic rings. The van der Waals surface area contributed by atoms with Crippen molar-refractivity contribution in [3.8, 4) is 11.1 Å². The molecule has 3 nitrogen and oxygen atoms in total. The number of carbonyl (C=O) groups is 1. The second-order valence-electron chi connectivity index (χ2n) is 5.05. The van der Waals surface area contributed by atoms with Gasteiger partial charge in [-0.1, -0.05) is 43.0 Å². The molecule has 2 aromatic carbocycles. The predicted molar refractivity (Wildman–Crippen MR) is 84.3 cm³/mol. The maximum atomic E-state index is 12.1. The lowest BCUT2D eigenvalue weighted by atomic mass is 10.0. The Morgan fingerprint density at radius 3 is 2.71 bits per heavy atom. The summed E-state index contributed by atoms with van der Waals surface area (Å²) in [5.41, 5.74) is 5.67. The molecule has 3 rings (SSSR count). The summed E-state index contributed by atoms with van der Waals surface area (Å²) in [7, 11) is 0. The van der Waals surface area contributed by atoms with E-state index < -0.39 is 0 Å². The van der Waals surface area contributed by atoms with E-state index >= 15 is 0 Å². The lowest BCUT2D eigenvalue weighted by Crippen LogP contribution is -2.32. The van der Waals surface area contributed by atoms with Crippen molar-refractivity contribution in [3.05, 3.63) is 66.2 Å². The zero-order valence-electron chi connectivity index (χ0n) is 11.7. The van der Waals surface area contributed by atoms with E-state index in [9.17, 15) is 9.90 Å². The van der Waals surface area contributed by atoms with Gasteiger partial charge in [0.1, 0.15) is 0 Å². The van der Waals surface area contributed by atoms with Gasteiger partial charge in [0.2, 0.25) is 5.91 Å². The molecule has 0 saturated carbocycles. The summed E-state index contributed by atoms with van der Waals surface area (Å²) in [5, 5.41) is 9.24. The quantitative estimate of drug-likeness (QED) is 0.746. The van der Waals surface area contributed by atoms with E-state index in [1.807, 2.05) is 24.3 Å². The Hall–Kier alpha value is -2.39. The molecule has 0 aromatic heterocycles. The molecule has 0 spiro atoms. The summed E-state index contributed by atoms with van der Waals surface area (Å²) in [6.07, 6.45) is 2.10. The van der Waals surface area contributed by atoms with E-state index in [2.05, 4.69) is 24.8 Å². The predicted octanol–water partition coefficient (Wildman–Crippen LogP) is 2.77. The number of aliphatic hydroxyl groups is 1. The summed E-state index contributed by atoms with van der Waals surface area (Å²) in [6, 6.07) is 14.3. The van der Waals surface area contributed by atoms with Crippen LogP contribution in [0.5, 0.6) is 0 Å². The molecule has 1 amide bonds. The molecular formula is C18H17NO2. The number of nitrogens with zero attached hydrogens (tertiary/aromatic N) is 1. The number of hydrogen-bond donors (Lipinski definition) is 1. The van der Waals surface area contributed by atoms with Crippen LogP contribution in [0, 0.1) is 0 Å². The minimum absolute atomic E-state index is 0.0732. The van der Waals surface area contributed by atoms with Crippen LogP contribution in [0.3, 0.4) is 0 Å². The second-order valence-corrected chi connectivity index (χ2v) is 5.05. The topological polar surface area (TPSA) is 40.5 Å². The summed E-state index contributed by atoms with van der Waals surface area (Å²) < 4.78 is 0. The van der Waals surface area contributed by atoms with Gasteiger partial charge in [0.25, 0.3) is 0 Å². The van der Waals surface area contributed by atoms with E-state index in [1.165, 1.54) is 22.8 Å². The van der Waals surface area contributed by atoms with E-state index in [1.54, 1.807) is 4.90 Å². The molecule has 1 aliphatic carbocycles. The first kappa shape index (κ1) is 13.6. The van der Waals surface area contributed by atoms with Crippen molar-refractivity contribution in [2.24, 2.45) is 0 Å². The Morgan fingerprint density at radius 2 is 1.95 bits per heavy atom. The van der Waals surface area contributed by atoms with Gasteiger partial charge in [0.05, 0.1) is 6.61 Å². The van der Waals surface area contributed by atoms with Crippen LogP contribution in [0.1, 0.15) is 11.1 Å². The number of amides is 1. The van der Waals surface area contributed by atoms with Crippen LogP contribution in [0.2, 0.25) is 0 Å². The molecule has 0 aliphatic heterocycles. The highest BCUT2D eigenvalue weighted by molar-refractivity contribution is 6.02. The van der Waals surface area contributed by atoms with Crippen LogP contribution in [0.15, 0.2) is 55.1 Å². The molecular weight excluding hydrogens is 262 g/mol. The number of anilines is 1. The van der Waals surface area contributed by atoms with Crippen LogP contribution in [-0.4, -0.2) is 24.2 Å². The zero-order chi connectivity index (χ0) is 14.8. The molecule has 0 unspecified atom stereocenters. The van der Waals surface area contributed by atoms with Crippen molar-refractivity contribution in [3.63, 3.8) is 0 Å². The van der Waals surface area contributed by atoms with Crippen molar-refractivity contribution in [1.82, 2.24) is 0 Å². The van der Waals surface area contributed by atoms with Crippen LogP contribution in [-0.2, 0) is 11.2 Å².